The fraction of sp³-hybridized carbons (Fsp3) is 0.263. The summed E-state index contributed by atoms with van der Waals surface area (Å²) in [6, 6.07) is 11.1. The lowest BCUT2D eigenvalue weighted by Crippen LogP contribution is -2.31. The van der Waals surface area contributed by atoms with Crippen LogP contribution in [0.15, 0.2) is 53.2 Å². The highest BCUT2D eigenvalue weighted by Gasteiger charge is 2.15. The Balaban J connectivity index is 1.68. The number of aromatic nitrogens is 2. The lowest BCUT2D eigenvalue weighted by molar-refractivity contribution is 0.249. The molecule has 0 saturated heterocycles. The molecule has 0 spiro atoms. The Bertz CT molecular complexity index is 852. The Kier molecular flexibility index (Phi) is 4.88. The van der Waals surface area contributed by atoms with E-state index in [1.54, 1.807) is 6.20 Å². The zero-order valence-electron chi connectivity index (χ0n) is 14.6. The SMILES string of the molecule is Cc1cc(C(C)NC(=O)Nc2ccccc2Cn2cccn2)c(C)o1. The number of nitrogens with zero attached hydrogens (tertiary/aromatic N) is 2. The van der Waals surface area contributed by atoms with Crippen LogP contribution in [0.5, 0.6) is 0 Å². The van der Waals surface area contributed by atoms with Gasteiger partial charge in [-0.25, -0.2) is 4.79 Å². The number of hydrogen-bond acceptors (Lipinski definition) is 3. The van der Waals surface area contributed by atoms with Crippen molar-refractivity contribution in [3.05, 3.63) is 71.4 Å². The van der Waals surface area contributed by atoms with E-state index in [9.17, 15) is 4.79 Å². The summed E-state index contributed by atoms with van der Waals surface area (Å²) in [6.45, 7) is 6.33. The molecule has 1 aromatic carbocycles. The highest BCUT2D eigenvalue weighted by molar-refractivity contribution is 5.90. The number of carbonyl (C=O) groups is 1. The van der Waals surface area contributed by atoms with Crippen LogP contribution >= 0.6 is 0 Å². The summed E-state index contributed by atoms with van der Waals surface area (Å²) >= 11 is 0. The fourth-order valence-corrected chi connectivity index (χ4v) is 2.86. The van der Waals surface area contributed by atoms with Gasteiger partial charge in [0.25, 0.3) is 0 Å². The molecule has 1 atom stereocenters. The minimum atomic E-state index is -0.251. The van der Waals surface area contributed by atoms with Crippen molar-refractivity contribution in [2.24, 2.45) is 0 Å². The van der Waals surface area contributed by atoms with Crippen LogP contribution in [0.2, 0.25) is 0 Å². The minimum Gasteiger partial charge on any atom is -0.466 e. The third-order valence-corrected chi connectivity index (χ3v) is 4.05. The van der Waals surface area contributed by atoms with Gasteiger partial charge in [0.1, 0.15) is 11.5 Å². The molecule has 2 aromatic heterocycles. The van der Waals surface area contributed by atoms with Crippen LogP contribution in [0, 0.1) is 13.8 Å². The van der Waals surface area contributed by atoms with Crippen LogP contribution in [0.3, 0.4) is 0 Å². The van der Waals surface area contributed by atoms with Crippen molar-refractivity contribution >= 4 is 11.7 Å². The molecule has 6 nitrogen and oxygen atoms in total. The molecule has 0 aliphatic rings. The number of urea groups is 1. The molecule has 0 fully saturated rings. The number of amides is 2. The number of rotatable bonds is 5. The van der Waals surface area contributed by atoms with E-state index >= 15 is 0 Å². The van der Waals surface area contributed by atoms with Gasteiger partial charge in [-0.05, 0) is 44.5 Å². The van der Waals surface area contributed by atoms with Crippen LogP contribution in [0.25, 0.3) is 0 Å². The molecule has 0 radical (unpaired) electrons. The average Bonchev–Trinajstić information content (AvgIpc) is 3.18. The monoisotopic (exact) mass is 338 g/mol. The zero-order valence-corrected chi connectivity index (χ0v) is 14.6. The van der Waals surface area contributed by atoms with Gasteiger partial charge in [0, 0.05) is 23.6 Å². The van der Waals surface area contributed by atoms with E-state index < -0.39 is 0 Å². The van der Waals surface area contributed by atoms with Gasteiger partial charge in [0.05, 0.1) is 12.6 Å². The molecular weight excluding hydrogens is 316 g/mol. The molecule has 1 unspecified atom stereocenters. The summed E-state index contributed by atoms with van der Waals surface area (Å²) in [7, 11) is 0. The summed E-state index contributed by atoms with van der Waals surface area (Å²) in [5.74, 6) is 1.66. The van der Waals surface area contributed by atoms with Crippen molar-refractivity contribution in [3.63, 3.8) is 0 Å². The number of carbonyl (C=O) groups excluding carboxylic acids is 1. The predicted octanol–water partition coefficient (Wildman–Crippen LogP) is 4.02. The fourth-order valence-electron chi connectivity index (χ4n) is 2.86. The molecule has 2 heterocycles. The van der Waals surface area contributed by atoms with E-state index in [0.29, 0.717) is 6.54 Å². The van der Waals surface area contributed by atoms with E-state index in [2.05, 4.69) is 15.7 Å². The number of hydrogen-bond donors (Lipinski definition) is 2. The Labute approximate surface area is 146 Å². The Hall–Kier alpha value is -3.02. The van der Waals surface area contributed by atoms with E-state index in [1.807, 2.05) is 68.0 Å². The molecule has 3 aromatic rings. The Morgan fingerprint density at radius 3 is 2.76 bits per heavy atom. The van der Waals surface area contributed by atoms with Gasteiger partial charge in [-0.15, -0.1) is 0 Å². The van der Waals surface area contributed by atoms with E-state index in [0.717, 1.165) is 28.3 Å². The normalized spacial score (nSPS) is 12.0. The van der Waals surface area contributed by atoms with Crippen molar-refractivity contribution in [3.8, 4) is 0 Å². The molecule has 2 amide bonds. The largest absolute Gasteiger partial charge is 0.466 e. The third kappa shape index (κ3) is 4.09. The Morgan fingerprint density at radius 2 is 2.08 bits per heavy atom. The van der Waals surface area contributed by atoms with Gasteiger partial charge in [0.2, 0.25) is 0 Å². The second-order valence-corrected chi connectivity index (χ2v) is 6.05. The van der Waals surface area contributed by atoms with Crippen molar-refractivity contribution < 1.29 is 9.21 Å². The van der Waals surface area contributed by atoms with E-state index in [4.69, 9.17) is 4.42 Å². The molecular formula is C19H22N4O2. The summed E-state index contributed by atoms with van der Waals surface area (Å²) in [6.07, 6.45) is 3.63. The van der Waals surface area contributed by atoms with Crippen molar-refractivity contribution in [1.82, 2.24) is 15.1 Å². The predicted molar refractivity (Wildman–Crippen MR) is 96.5 cm³/mol. The van der Waals surface area contributed by atoms with E-state index in [-0.39, 0.29) is 12.1 Å². The van der Waals surface area contributed by atoms with Crippen LogP contribution in [-0.2, 0) is 6.54 Å². The van der Waals surface area contributed by atoms with Crippen molar-refractivity contribution in [1.29, 1.82) is 0 Å². The second kappa shape index (κ2) is 7.25. The van der Waals surface area contributed by atoms with Gasteiger partial charge in [-0.1, -0.05) is 18.2 Å². The van der Waals surface area contributed by atoms with Gasteiger partial charge in [-0.3, -0.25) is 4.68 Å². The molecule has 2 N–H and O–H groups in total. The highest BCUT2D eigenvalue weighted by atomic mass is 16.3. The molecule has 6 heteroatoms. The second-order valence-electron chi connectivity index (χ2n) is 6.05. The summed E-state index contributed by atoms with van der Waals surface area (Å²) in [4.78, 5) is 12.4. The van der Waals surface area contributed by atoms with Crippen LogP contribution in [-0.4, -0.2) is 15.8 Å². The molecule has 25 heavy (non-hydrogen) atoms. The van der Waals surface area contributed by atoms with Crippen molar-refractivity contribution in [2.45, 2.75) is 33.4 Å². The van der Waals surface area contributed by atoms with E-state index in [1.165, 1.54) is 0 Å². The molecule has 0 aliphatic carbocycles. The number of anilines is 1. The number of benzene rings is 1. The van der Waals surface area contributed by atoms with Crippen LogP contribution in [0.1, 0.15) is 35.6 Å². The third-order valence-electron chi connectivity index (χ3n) is 4.05. The summed E-state index contributed by atoms with van der Waals surface area (Å²) < 4.78 is 7.35. The maximum Gasteiger partial charge on any atom is 0.319 e. The zero-order chi connectivity index (χ0) is 17.8. The molecule has 0 aliphatic heterocycles. The summed E-state index contributed by atoms with van der Waals surface area (Å²) in [5, 5.41) is 10.1. The standard InChI is InChI=1S/C19H22N4O2/c1-13-11-17(15(3)25-13)14(2)21-19(24)22-18-8-5-4-7-16(18)12-23-10-6-9-20-23/h4-11,14H,12H2,1-3H3,(H2,21,22,24). The molecule has 130 valence electrons. The van der Waals surface area contributed by atoms with Gasteiger partial charge in [0.15, 0.2) is 0 Å². The van der Waals surface area contributed by atoms with Crippen LogP contribution < -0.4 is 10.6 Å². The first kappa shape index (κ1) is 16.8. The molecule has 0 bridgehead atoms. The van der Waals surface area contributed by atoms with Crippen LogP contribution in [0.4, 0.5) is 10.5 Å². The lowest BCUT2D eigenvalue weighted by atomic mass is 10.1. The van der Waals surface area contributed by atoms with Gasteiger partial charge in [-0.2, -0.15) is 5.10 Å². The smallest absolute Gasteiger partial charge is 0.319 e. The number of nitrogens with one attached hydrogen (secondary N) is 2. The quantitative estimate of drug-likeness (QED) is 0.738. The lowest BCUT2D eigenvalue weighted by Gasteiger charge is -2.16. The maximum atomic E-state index is 12.4. The maximum absolute atomic E-state index is 12.4. The molecule has 3 rings (SSSR count). The summed E-state index contributed by atoms with van der Waals surface area (Å²) in [5.41, 5.74) is 2.74. The Morgan fingerprint density at radius 1 is 1.28 bits per heavy atom. The topological polar surface area (TPSA) is 72.1 Å². The average molecular weight is 338 g/mol. The highest BCUT2D eigenvalue weighted by Crippen LogP contribution is 2.22. The minimum absolute atomic E-state index is 0.143. The van der Waals surface area contributed by atoms with Crippen molar-refractivity contribution in [2.75, 3.05) is 5.32 Å². The van der Waals surface area contributed by atoms with Gasteiger partial charge < -0.3 is 15.1 Å². The van der Waals surface area contributed by atoms with Gasteiger partial charge >= 0.3 is 6.03 Å². The first-order valence-electron chi connectivity index (χ1n) is 8.22. The number of para-hydroxylation sites is 1. The number of aryl methyl sites for hydroxylation is 2. The number of furan rings is 1. The molecule has 0 saturated carbocycles. The first-order chi connectivity index (χ1) is 12.0. The first-order valence-corrected chi connectivity index (χ1v) is 8.22.